The van der Waals surface area contributed by atoms with E-state index in [1.807, 2.05) is 0 Å². The van der Waals surface area contributed by atoms with Crippen LogP contribution in [0.3, 0.4) is 0 Å². The molecule has 0 aromatic heterocycles. The Bertz CT molecular complexity index is 312. The predicted octanol–water partition coefficient (Wildman–Crippen LogP) is -2.65. The van der Waals surface area contributed by atoms with Crippen molar-refractivity contribution in [3.63, 3.8) is 0 Å². The molecule has 0 saturated heterocycles. The first-order chi connectivity index (χ1) is 5.92. The van der Waals surface area contributed by atoms with Crippen molar-refractivity contribution in [2.75, 3.05) is 0 Å². The molecule has 0 unspecified atom stereocenters. The fourth-order valence-electron chi connectivity index (χ4n) is 1.77. The van der Waals surface area contributed by atoms with Crippen molar-refractivity contribution in [3.8, 4) is 0 Å². The second kappa shape index (κ2) is 8.56. The van der Waals surface area contributed by atoms with Gasteiger partial charge in [0.2, 0.25) is 0 Å². The first-order valence-corrected chi connectivity index (χ1v) is 4.58. The minimum atomic E-state index is 0. The molecule has 0 aliphatic heterocycles. The zero-order chi connectivity index (χ0) is 8.39. The zero-order valence-corrected chi connectivity index (χ0v) is 12.7. The molecular weight excluding hydrogens is 306 g/mol. The zero-order valence-electron chi connectivity index (χ0n) is 8.69. The number of rotatable bonds is 2. The SMILES string of the molecule is CCC1=CC[C-]=C1C1=CC=CC1.[Cl-].[Cl-].[Zr+3]. The van der Waals surface area contributed by atoms with Crippen molar-refractivity contribution < 1.29 is 51.0 Å². The Morgan fingerprint density at radius 3 is 2.60 bits per heavy atom. The first kappa shape index (κ1) is 17.8. The Kier molecular flexibility index (Phi) is 10.2. The molecule has 15 heavy (non-hydrogen) atoms. The second-order valence-corrected chi connectivity index (χ2v) is 3.16. The molecule has 1 radical (unpaired) electrons. The van der Waals surface area contributed by atoms with E-state index in [0.29, 0.717) is 0 Å². The Morgan fingerprint density at radius 1 is 1.33 bits per heavy atom. The van der Waals surface area contributed by atoms with Gasteiger partial charge in [-0.3, -0.25) is 0 Å². The van der Waals surface area contributed by atoms with Crippen LogP contribution in [0.15, 0.2) is 41.0 Å². The average Bonchev–Trinajstić information content (AvgIpc) is 2.74. The first-order valence-electron chi connectivity index (χ1n) is 4.58. The molecule has 3 heteroatoms. The summed E-state index contributed by atoms with van der Waals surface area (Å²) in [5.41, 5.74) is 4.30. The summed E-state index contributed by atoms with van der Waals surface area (Å²) in [4.78, 5) is 0. The maximum absolute atomic E-state index is 3.42. The summed E-state index contributed by atoms with van der Waals surface area (Å²) in [5.74, 6) is 0. The van der Waals surface area contributed by atoms with Gasteiger partial charge in [-0.2, -0.15) is 17.2 Å². The molecule has 2 rings (SSSR count). The van der Waals surface area contributed by atoms with E-state index in [9.17, 15) is 0 Å². The molecule has 2 aliphatic carbocycles. The van der Waals surface area contributed by atoms with Crippen molar-refractivity contribution in [2.45, 2.75) is 26.2 Å². The Morgan fingerprint density at radius 2 is 2.07 bits per heavy atom. The van der Waals surface area contributed by atoms with E-state index in [2.05, 4.69) is 37.3 Å². The van der Waals surface area contributed by atoms with Crippen molar-refractivity contribution in [3.05, 3.63) is 47.1 Å². The third-order valence-electron chi connectivity index (χ3n) is 2.42. The normalized spacial score (nSPS) is 16.7. The van der Waals surface area contributed by atoms with E-state index in [1.54, 1.807) is 0 Å². The molecule has 0 spiro atoms. The molecule has 0 saturated carbocycles. The second-order valence-electron chi connectivity index (χ2n) is 3.16. The van der Waals surface area contributed by atoms with Gasteiger partial charge in [-0.05, 0) is 0 Å². The van der Waals surface area contributed by atoms with Crippen molar-refractivity contribution >= 4 is 0 Å². The van der Waals surface area contributed by atoms with Crippen LogP contribution in [0.1, 0.15) is 26.2 Å². The summed E-state index contributed by atoms with van der Waals surface area (Å²) >= 11 is 0. The molecule has 2 aliphatic rings. The van der Waals surface area contributed by atoms with E-state index in [1.165, 1.54) is 16.7 Å². The van der Waals surface area contributed by atoms with Gasteiger partial charge in [0.25, 0.3) is 0 Å². The van der Waals surface area contributed by atoms with Crippen LogP contribution in [0.2, 0.25) is 0 Å². The van der Waals surface area contributed by atoms with E-state index >= 15 is 0 Å². The van der Waals surface area contributed by atoms with Gasteiger partial charge in [-0.1, -0.05) is 38.3 Å². The van der Waals surface area contributed by atoms with Gasteiger partial charge in [0.15, 0.2) is 0 Å². The van der Waals surface area contributed by atoms with Crippen LogP contribution in [0.4, 0.5) is 0 Å². The molecule has 0 amide bonds. The van der Waals surface area contributed by atoms with Gasteiger partial charge < -0.3 is 24.8 Å². The van der Waals surface area contributed by atoms with E-state index in [-0.39, 0.29) is 51.0 Å². The molecule has 0 bridgehead atoms. The summed E-state index contributed by atoms with van der Waals surface area (Å²) in [5, 5.41) is 0. The minimum Gasteiger partial charge on any atom is -1.00 e. The monoisotopic (exact) mass is 317 g/mol. The van der Waals surface area contributed by atoms with E-state index < -0.39 is 0 Å². The van der Waals surface area contributed by atoms with E-state index in [0.717, 1.165) is 19.3 Å². The number of allylic oxidation sites excluding steroid dienone is 8. The largest absolute Gasteiger partial charge is 3.00 e. The van der Waals surface area contributed by atoms with Gasteiger partial charge in [0.1, 0.15) is 0 Å². The summed E-state index contributed by atoms with van der Waals surface area (Å²) in [6.45, 7) is 2.21. The van der Waals surface area contributed by atoms with Crippen LogP contribution in [-0.4, -0.2) is 0 Å². The van der Waals surface area contributed by atoms with Gasteiger partial charge >= 0.3 is 26.2 Å². The van der Waals surface area contributed by atoms with Gasteiger partial charge in [0, 0.05) is 0 Å². The van der Waals surface area contributed by atoms with Crippen molar-refractivity contribution in [1.82, 2.24) is 0 Å². The average molecular weight is 319 g/mol. The van der Waals surface area contributed by atoms with Crippen LogP contribution in [-0.2, 0) is 26.2 Å². The number of hydrogen-bond acceptors (Lipinski definition) is 0. The van der Waals surface area contributed by atoms with Crippen LogP contribution in [0.25, 0.3) is 0 Å². The molecule has 0 fully saturated rings. The van der Waals surface area contributed by atoms with Gasteiger partial charge in [0.05, 0.1) is 0 Å². The summed E-state index contributed by atoms with van der Waals surface area (Å²) in [6, 6.07) is 0. The molecule has 0 heterocycles. The number of hydrogen-bond donors (Lipinski definition) is 0. The molecular formula is C12H13Cl2Zr. The van der Waals surface area contributed by atoms with Crippen LogP contribution >= 0.6 is 0 Å². The fraction of sp³-hybridized carbons (Fsp3) is 0.333. The van der Waals surface area contributed by atoms with Crippen molar-refractivity contribution in [1.29, 1.82) is 0 Å². The number of halogens is 2. The molecule has 0 aromatic rings. The Balaban J connectivity index is 0. The maximum atomic E-state index is 3.42. The Labute approximate surface area is 124 Å². The molecule has 0 aromatic carbocycles. The molecule has 79 valence electrons. The quantitative estimate of drug-likeness (QED) is 0.488. The fourth-order valence-corrected chi connectivity index (χ4v) is 1.77. The minimum absolute atomic E-state index is 0. The van der Waals surface area contributed by atoms with Crippen LogP contribution in [0.5, 0.6) is 0 Å². The van der Waals surface area contributed by atoms with Gasteiger partial charge in [-0.25, -0.2) is 0 Å². The Hall–Kier alpha value is 0.423. The topological polar surface area (TPSA) is 0 Å². The third kappa shape index (κ3) is 4.06. The maximum Gasteiger partial charge on any atom is 3.00 e. The standard InChI is InChI=1S/C12H13.2ClH.Zr/c1-2-10-8-5-9-12(10)11-6-3-4-7-11;;;/h3-4,6,8H,2,5,7H2,1H3;2*1H;/q-1;;;+3/p-2. The van der Waals surface area contributed by atoms with Crippen LogP contribution < -0.4 is 24.8 Å². The van der Waals surface area contributed by atoms with Gasteiger partial charge in [-0.15, -0.1) is 17.7 Å². The predicted molar refractivity (Wildman–Crippen MR) is 51.6 cm³/mol. The summed E-state index contributed by atoms with van der Waals surface area (Å²) < 4.78 is 0. The van der Waals surface area contributed by atoms with Crippen LogP contribution in [0, 0.1) is 6.08 Å². The summed E-state index contributed by atoms with van der Waals surface area (Å²) in [6.07, 6.45) is 15.5. The summed E-state index contributed by atoms with van der Waals surface area (Å²) in [7, 11) is 0. The molecule has 0 N–H and O–H groups in total. The molecule has 0 nitrogen and oxygen atoms in total. The third-order valence-corrected chi connectivity index (χ3v) is 2.42. The van der Waals surface area contributed by atoms with Crippen molar-refractivity contribution in [2.24, 2.45) is 0 Å². The van der Waals surface area contributed by atoms with E-state index in [4.69, 9.17) is 0 Å². The molecule has 0 atom stereocenters. The smallest absolute Gasteiger partial charge is 1.00 e.